The third-order valence-corrected chi connectivity index (χ3v) is 5.71. The van der Waals surface area contributed by atoms with Crippen LogP contribution in [0, 0.1) is 5.92 Å². The standard InChI is InChI=1S/C22H33N3O/c1-18(2)15-23-22(26)20-9-6-12-25(17-20)21-10-13-24(14-11-21)16-19-7-4-3-5-8-19/h3-5,7-8,20-21H,1,6,9-17H2,2H3,(H,23,26)/t20-/m0/s1. The van der Waals surface area contributed by atoms with Crippen LogP contribution in [0.15, 0.2) is 42.5 Å². The van der Waals surface area contributed by atoms with Gasteiger partial charge in [0.1, 0.15) is 0 Å². The highest BCUT2D eigenvalue weighted by atomic mass is 16.1. The molecule has 4 nitrogen and oxygen atoms in total. The van der Waals surface area contributed by atoms with Crippen LogP contribution < -0.4 is 5.32 Å². The zero-order chi connectivity index (χ0) is 18.4. The van der Waals surface area contributed by atoms with Crippen LogP contribution in [0.1, 0.15) is 38.2 Å². The van der Waals surface area contributed by atoms with Gasteiger partial charge in [-0.3, -0.25) is 14.6 Å². The van der Waals surface area contributed by atoms with Crippen LogP contribution in [0.3, 0.4) is 0 Å². The molecule has 142 valence electrons. The second kappa shape index (κ2) is 9.33. The van der Waals surface area contributed by atoms with Crippen LogP contribution in [-0.4, -0.2) is 54.5 Å². The third kappa shape index (κ3) is 5.42. The first kappa shape index (κ1) is 19.1. The smallest absolute Gasteiger partial charge is 0.224 e. The van der Waals surface area contributed by atoms with Crippen molar-refractivity contribution in [1.82, 2.24) is 15.1 Å². The Morgan fingerprint density at radius 3 is 2.58 bits per heavy atom. The molecule has 2 saturated heterocycles. The maximum Gasteiger partial charge on any atom is 0.224 e. The van der Waals surface area contributed by atoms with Crippen molar-refractivity contribution < 1.29 is 4.79 Å². The first-order chi connectivity index (χ1) is 12.6. The molecule has 3 rings (SSSR count). The molecule has 2 heterocycles. The number of benzene rings is 1. The highest BCUT2D eigenvalue weighted by Gasteiger charge is 2.31. The fourth-order valence-electron chi connectivity index (χ4n) is 4.22. The maximum atomic E-state index is 12.4. The molecule has 2 aliphatic rings. The third-order valence-electron chi connectivity index (χ3n) is 5.71. The Labute approximate surface area is 158 Å². The van der Waals surface area contributed by atoms with Gasteiger partial charge in [0.05, 0.1) is 5.92 Å². The van der Waals surface area contributed by atoms with Gasteiger partial charge in [-0.2, -0.15) is 0 Å². The van der Waals surface area contributed by atoms with Gasteiger partial charge in [0.25, 0.3) is 0 Å². The van der Waals surface area contributed by atoms with Crippen molar-refractivity contribution >= 4 is 5.91 Å². The van der Waals surface area contributed by atoms with E-state index >= 15 is 0 Å². The molecule has 1 amide bonds. The molecule has 0 unspecified atom stereocenters. The lowest BCUT2D eigenvalue weighted by molar-refractivity contribution is -0.127. The fourth-order valence-corrected chi connectivity index (χ4v) is 4.22. The second-order valence-electron chi connectivity index (χ2n) is 8.00. The van der Waals surface area contributed by atoms with E-state index in [0.717, 1.165) is 51.1 Å². The number of likely N-dealkylation sites (tertiary alicyclic amines) is 2. The molecule has 1 atom stereocenters. The summed E-state index contributed by atoms with van der Waals surface area (Å²) < 4.78 is 0. The second-order valence-corrected chi connectivity index (χ2v) is 8.00. The number of hydrogen-bond donors (Lipinski definition) is 1. The van der Waals surface area contributed by atoms with Gasteiger partial charge in [-0.25, -0.2) is 0 Å². The highest BCUT2D eigenvalue weighted by Crippen LogP contribution is 2.24. The minimum Gasteiger partial charge on any atom is -0.352 e. The van der Waals surface area contributed by atoms with Crippen molar-refractivity contribution in [2.45, 2.75) is 45.2 Å². The summed E-state index contributed by atoms with van der Waals surface area (Å²) in [4.78, 5) is 17.5. The molecule has 0 bridgehead atoms. The van der Waals surface area contributed by atoms with E-state index in [1.807, 2.05) is 6.92 Å². The number of piperidine rings is 2. The van der Waals surface area contributed by atoms with E-state index in [-0.39, 0.29) is 11.8 Å². The number of carbonyl (C=O) groups is 1. The molecule has 0 spiro atoms. The molecule has 0 radical (unpaired) electrons. The van der Waals surface area contributed by atoms with Gasteiger partial charge >= 0.3 is 0 Å². The van der Waals surface area contributed by atoms with Crippen molar-refractivity contribution in [1.29, 1.82) is 0 Å². The number of rotatable bonds is 6. The highest BCUT2D eigenvalue weighted by molar-refractivity contribution is 5.79. The number of nitrogens with zero attached hydrogens (tertiary/aromatic N) is 2. The van der Waals surface area contributed by atoms with E-state index in [1.54, 1.807) is 0 Å². The van der Waals surface area contributed by atoms with E-state index in [1.165, 1.54) is 18.4 Å². The average molecular weight is 356 g/mol. The zero-order valence-electron chi connectivity index (χ0n) is 16.1. The average Bonchev–Trinajstić information content (AvgIpc) is 2.67. The summed E-state index contributed by atoms with van der Waals surface area (Å²) in [5.74, 6) is 0.352. The topological polar surface area (TPSA) is 35.6 Å². The molecular weight excluding hydrogens is 322 g/mol. The lowest BCUT2D eigenvalue weighted by Crippen LogP contribution is -2.50. The number of carbonyl (C=O) groups excluding carboxylic acids is 1. The molecule has 1 aromatic carbocycles. The fraction of sp³-hybridized carbons (Fsp3) is 0.591. The number of nitrogens with one attached hydrogen (secondary N) is 1. The van der Waals surface area contributed by atoms with Gasteiger partial charge in [-0.15, -0.1) is 0 Å². The van der Waals surface area contributed by atoms with Gasteiger partial charge in [-0.1, -0.05) is 42.5 Å². The van der Waals surface area contributed by atoms with Crippen LogP contribution in [0.2, 0.25) is 0 Å². The van der Waals surface area contributed by atoms with Gasteiger partial charge in [0.2, 0.25) is 5.91 Å². The summed E-state index contributed by atoms with van der Waals surface area (Å²) in [6.45, 7) is 11.9. The summed E-state index contributed by atoms with van der Waals surface area (Å²) in [6.07, 6.45) is 4.58. The number of hydrogen-bond acceptors (Lipinski definition) is 3. The van der Waals surface area contributed by atoms with Gasteiger partial charge < -0.3 is 5.32 Å². The Bertz CT molecular complexity index is 593. The predicted molar refractivity (Wildman–Crippen MR) is 107 cm³/mol. The molecule has 26 heavy (non-hydrogen) atoms. The monoisotopic (exact) mass is 355 g/mol. The molecule has 1 aromatic rings. The Morgan fingerprint density at radius 2 is 1.88 bits per heavy atom. The largest absolute Gasteiger partial charge is 0.352 e. The van der Waals surface area contributed by atoms with Crippen molar-refractivity contribution in [2.24, 2.45) is 5.92 Å². The van der Waals surface area contributed by atoms with Crippen LogP contribution in [0.5, 0.6) is 0 Å². The summed E-state index contributed by atoms with van der Waals surface area (Å²) in [5.41, 5.74) is 2.41. The maximum absolute atomic E-state index is 12.4. The van der Waals surface area contributed by atoms with Crippen molar-refractivity contribution in [3.63, 3.8) is 0 Å². The first-order valence-corrected chi connectivity index (χ1v) is 10.0. The van der Waals surface area contributed by atoms with Crippen molar-refractivity contribution in [3.8, 4) is 0 Å². The Morgan fingerprint density at radius 1 is 1.15 bits per heavy atom. The van der Waals surface area contributed by atoms with Crippen LogP contribution in [0.4, 0.5) is 0 Å². The normalized spacial score (nSPS) is 22.9. The van der Waals surface area contributed by atoms with Crippen LogP contribution in [0.25, 0.3) is 0 Å². The van der Waals surface area contributed by atoms with Crippen LogP contribution >= 0.6 is 0 Å². The lowest BCUT2D eigenvalue weighted by atomic mass is 9.93. The molecule has 2 fully saturated rings. The summed E-state index contributed by atoms with van der Waals surface area (Å²) in [5, 5.41) is 3.04. The minimum absolute atomic E-state index is 0.144. The van der Waals surface area contributed by atoms with Gasteiger partial charge in [-0.05, 0) is 57.8 Å². The van der Waals surface area contributed by atoms with E-state index in [4.69, 9.17) is 0 Å². The van der Waals surface area contributed by atoms with Gasteiger partial charge in [0.15, 0.2) is 0 Å². The van der Waals surface area contributed by atoms with E-state index in [9.17, 15) is 4.79 Å². The molecule has 0 aliphatic carbocycles. The van der Waals surface area contributed by atoms with Crippen molar-refractivity contribution in [2.75, 3.05) is 32.7 Å². The summed E-state index contributed by atoms with van der Waals surface area (Å²) in [6, 6.07) is 11.4. The quantitative estimate of drug-likeness (QED) is 0.797. The zero-order valence-corrected chi connectivity index (χ0v) is 16.1. The lowest BCUT2D eigenvalue weighted by Gasteiger charge is -2.42. The van der Waals surface area contributed by atoms with Crippen LogP contribution in [-0.2, 0) is 11.3 Å². The van der Waals surface area contributed by atoms with E-state index in [2.05, 4.69) is 52.0 Å². The Kier molecular flexibility index (Phi) is 6.86. The molecule has 4 heteroatoms. The van der Waals surface area contributed by atoms with Crippen molar-refractivity contribution in [3.05, 3.63) is 48.0 Å². The summed E-state index contributed by atoms with van der Waals surface area (Å²) in [7, 11) is 0. The molecular formula is C22H33N3O. The summed E-state index contributed by atoms with van der Waals surface area (Å²) >= 11 is 0. The SMILES string of the molecule is C=C(C)CNC(=O)[C@H]1CCCN(C2CCN(Cc3ccccc3)CC2)C1. The molecule has 0 aromatic heterocycles. The molecule has 0 saturated carbocycles. The molecule has 2 aliphatic heterocycles. The number of amides is 1. The molecule has 1 N–H and O–H groups in total. The van der Waals surface area contributed by atoms with E-state index in [0.29, 0.717) is 12.6 Å². The van der Waals surface area contributed by atoms with E-state index < -0.39 is 0 Å². The first-order valence-electron chi connectivity index (χ1n) is 10.0. The Hall–Kier alpha value is -1.65. The predicted octanol–water partition coefficient (Wildman–Crippen LogP) is 3.06. The van der Waals surface area contributed by atoms with Gasteiger partial charge in [0, 0.05) is 25.7 Å². The Balaban J connectivity index is 1.45. The minimum atomic E-state index is 0.144.